The van der Waals surface area contributed by atoms with E-state index in [1.807, 2.05) is 27.2 Å². The van der Waals surface area contributed by atoms with Crippen LogP contribution in [0.4, 0.5) is 0 Å². The Morgan fingerprint density at radius 3 is 1.00 bits per heavy atom. The first-order valence-electron chi connectivity index (χ1n) is 36.5. The van der Waals surface area contributed by atoms with Crippen LogP contribution in [0.1, 0.15) is 367 Å². The lowest BCUT2D eigenvalue weighted by Crippen LogP contribution is -2.45. The van der Waals surface area contributed by atoms with Gasteiger partial charge in [0.1, 0.15) is 13.2 Å². The second kappa shape index (κ2) is 64.9. The van der Waals surface area contributed by atoms with Crippen molar-refractivity contribution in [3.8, 4) is 0 Å². The number of hydrogen-bond acceptors (Lipinski definition) is 5. The summed E-state index contributed by atoms with van der Waals surface area (Å²) in [4.78, 5) is 23.4. The van der Waals surface area contributed by atoms with Crippen LogP contribution >= 0.6 is 7.82 Å². The van der Waals surface area contributed by atoms with Gasteiger partial charge < -0.3 is 19.8 Å². The molecule has 0 rings (SSSR count). The van der Waals surface area contributed by atoms with Crippen molar-refractivity contribution in [1.82, 2.24) is 5.32 Å². The van der Waals surface area contributed by atoms with Crippen molar-refractivity contribution in [1.29, 1.82) is 0 Å². The minimum atomic E-state index is -4.36. The van der Waals surface area contributed by atoms with E-state index in [9.17, 15) is 19.4 Å². The van der Waals surface area contributed by atoms with Gasteiger partial charge in [-0.25, -0.2) is 4.57 Å². The molecule has 3 N–H and O–H groups in total. The maximum Gasteiger partial charge on any atom is 0.472 e. The van der Waals surface area contributed by atoms with Gasteiger partial charge in [-0.1, -0.05) is 351 Å². The van der Waals surface area contributed by atoms with Crippen LogP contribution in [0.15, 0.2) is 48.6 Å². The molecule has 83 heavy (non-hydrogen) atoms. The van der Waals surface area contributed by atoms with E-state index in [-0.39, 0.29) is 19.1 Å². The maximum absolute atomic E-state index is 13.1. The molecule has 0 aromatic heterocycles. The Hall–Kier alpha value is -1.54. The van der Waals surface area contributed by atoms with Crippen molar-refractivity contribution in [2.45, 2.75) is 379 Å². The Morgan fingerprint density at radius 1 is 0.410 bits per heavy atom. The summed E-state index contributed by atoms with van der Waals surface area (Å²) in [5.41, 5.74) is 0. The second-order valence-electron chi connectivity index (χ2n) is 26.3. The van der Waals surface area contributed by atoms with Gasteiger partial charge in [-0.15, -0.1) is 0 Å². The van der Waals surface area contributed by atoms with E-state index in [0.29, 0.717) is 17.4 Å². The molecule has 0 radical (unpaired) electrons. The molecule has 0 heterocycles. The Morgan fingerprint density at radius 2 is 0.687 bits per heavy atom. The van der Waals surface area contributed by atoms with E-state index in [1.54, 1.807) is 6.08 Å². The molecule has 0 aliphatic carbocycles. The summed E-state index contributed by atoms with van der Waals surface area (Å²) < 4.78 is 23.8. The zero-order valence-electron chi connectivity index (χ0n) is 56.2. The summed E-state index contributed by atoms with van der Waals surface area (Å²) in [6.07, 6.45) is 88.4. The highest BCUT2D eigenvalue weighted by molar-refractivity contribution is 7.47. The summed E-state index contributed by atoms with van der Waals surface area (Å²) in [6.45, 7) is 4.86. The van der Waals surface area contributed by atoms with Gasteiger partial charge in [-0.2, -0.15) is 0 Å². The summed E-state index contributed by atoms with van der Waals surface area (Å²) in [7, 11) is 1.58. The lowest BCUT2D eigenvalue weighted by molar-refractivity contribution is -0.870. The SMILES string of the molecule is CCCCCCC/C=C\C/C=C\C/C=C\CCCCCCCCCCCCCCCCC(=O)NC(COP(=O)(O)OCC[N+](C)(C)C)C(O)/C=C/CCCCCCCCCCCCCCCCCCCCCCCCCCCCCCCC. The Bertz CT molecular complexity index is 1490. The number of rotatable bonds is 68. The lowest BCUT2D eigenvalue weighted by Gasteiger charge is -2.25. The Labute approximate surface area is 518 Å². The number of phosphoric ester groups is 1. The summed E-state index contributed by atoms with van der Waals surface area (Å²) in [6, 6.07) is -0.850. The summed E-state index contributed by atoms with van der Waals surface area (Å²) in [5.74, 6) is -0.173. The lowest BCUT2D eigenvalue weighted by atomic mass is 10.0. The number of nitrogens with zero attached hydrogens (tertiary/aromatic N) is 1. The predicted octanol–water partition coefficient (Wildman–Crippen LogP) is 23.4. The smallest absolute Gasteiger partial charge is 0.387 e. The molecule has 8 nitrogen and oxygen atoms in total. The van der Waals surface area contributed by atoms with Gasteiger partial charge in [0.05, 0.1) is 39.9 Å². The molecule has 0 spiro atoms. The van der Waals surface area contributed by atoms with Gasteiger partial charge in [-0.05, 0) is 57.8 Å². The molecule has 3 unspecified atom stereocenters. The number of nitrogens with one attached hydrogen (secondary N) is 1. The first kappa shape index (κ1) is 81.5. The van der Waals surface area contributed by atoms with E-state index >= 15 is 0 Å². The molecule has 1 amide bonds. The van der Waals surface area contributed by atoms with Gasteiger partial charge >= 0.3 is 7.82 Å². The third kappa shape index (κ3) is 67.8. The van der Waals surface area contributed by atoms with Gasteiger partial charge in [-0.3, -0.25) is 13.8 Å². The minimum Gasteiger partial charge on any atom is -0.387 e. The van der Waals surface area contributed by atoms with Gasteiger partial charge in [0.2, 0.25) is 5.91 Å². The molecule has 0 aromatic carbocycles. The highest BCUT2D eigenvalue weighted by atomic mass is 31.2. The van der Waals surface area contributed by atoms with Crippen molar-refractivity contribution >= 4 is 13.7 Å². The van der Waals surface area contributed by atoms with Crippen LogP contribution in [0.5, 0.6) is 0 Å². The molecule has 0 aromatic rings. The van der Waals surface area contributed by atoms with E-state index < -0.39 is 20.0 Å². The Balaban J connectivity index is 4.04. The van der Waals surface area contributed by atoms with Gasteiger partial charge in [0, 0.05) is 6.42 Å². The number of amides is 1. The van der Waals surface area contributed by atoms with Crippen molar-refractivity contribution in [2.75, 3.05) is 40.9 Å². The number of carbonyl (C=O) groups is 1. The fraction of sp³-hybridized carbons (Fsp3) is 0.878. The molecule has 0 fully saturated rings. The highest BCUT2D eigenvalue weighted by Gasteiger charge is 2.28. The van der Waals surface area contributed by atoms with Crippen molar-refractivity contribution in [3.63, 3.8) is 0 Å². The van der Waals surface area contributed by atoms with E-state index in [0.717, 1.165) is 51.4 Å². The number of likely N-dealkylation sites (N-methyl/N-ethyl adjacent to an activating group) is 1. The fourth-order valence-electron chi connectivity index (χ4n) is 11.1. The molecular weight excluding hydrogens is 1040 g/mol. The Kier molecular flexibility index (Phi) is 63.7. The minimum absolute atomic E-state index is 0.0618. The number of carbonyl (C=O) groups excluding carboxylic acids is 1. The molecule has 0 aliphatic rings. The maximum atomic E-state index is 13.1. The first-order chi connectivity index (χ1) is 40.5. The van der Waals surface area contributed by atoms with Crippen LogP contribution in [-0.2, 0) is 18.4 Å². The largest absolute Gasteiger partial charge is 0.472 e. The fourth-order valence-corrected chi connectivity index (χ4v) is 11.8. The van der Waals surface area contributed by atoms with Crippen LogP contribution in [0, 0.1) is 0 Å². The molecule has 0 bridgehead atoms. The highest BCUT2D eigenvalue weighted by Crippen LogP contribution is 2.43. The van der Waals surface area contributed by atoms with Crippen LogP contribution in [-0.4, -0.2) is 73.4 Å². The standard InChI is InChI=1S/C74H143N2O6P/c1-6-8-10-12-14-16-18-20-22-24-26-28-30-32-34-36-37-38-40-41-43-45-47-49-51-53-55-57-59-61-63-65-67-73(77)72(71-82-83(79,80)81-70-69-76(3,4)5)75-74(78)68-66-64-62-60-58-56-54-52-50-48-46-44-42-39-35-33-31-29-27-25-23-21-19-17-15-13-11-9-7-2/h19,21,25,27,31,33,65,67,72-73,77H,6-18,20,22-24,26,28-30,32,34-64,66,68-71H2,1-5H3,(H-,75,78,79,80)/p+1/b21-19-,27-25-,33-31-,67-65+. The summed E-state index contributed by atoms with van der Waals surface area (Å²) >= 11 is 0. The van der Waals surface area contributed by atoms with Crippen LogP contribution < -0.4 is 5.32 Å². The molecule has 490 valence electrons. The van der Waals surface area contributed by atoms with Gasteiger partial charge in [0.25, 0.3) is 0 Å². The molecule has 0 saturated carbocycles. The third-order valence-electron chi connectivity index (χ3n) is 16.8. The molecule has 3 atom stereocenters. The average Bonchev–Trinajstić information content (AvgIpc) is 3.50. The topological polar surface area (TPSA) is 105 Å². The average molecular weight is 1190 g/mol. The number of allylic oxidation sites excluding steroid dienone is 7. The summed E-state index contributed by atoms with van der Waals surface area (Å²) in [5, 5.41) is 14.0. The van der Waals surface area contributed by atoms with Crippen molar-refractivity contribution < 1.29 is 32.9 Å². The number of aliphatic hydroxyl groups excluding tert-OH is 1. The number of quaternary nitrogens is 1. The van der Waals surface area contributed by atoms with Crippen LogP contribution in [0.2, 0.25) is 0 Å². The predicted molar refractivity (Wildman–Crippen MR) is 364 cm³/mol. The second-order valence-corrected chi connectivity index (χ2v) is 27.8. The number of unbranched alkanes of at least 4 members (excludes halogenated alkanes) is 49. The third-order valence-corrected chi connectivity index (χ3v) is 17.8. The quantitative estimate of drug-likeness (QED) is 0.0243. The van der Waals surface area contributed by atoms with Gasteiger partial charge in [0.15, 0.2) is 0 Å². The van der Waals surface area contributed by atoms with E-state index in [1.165, 1.54) is 295 Å². The molecule has 0 saturated heterocycles. The zero-order chi connectivity index (χ0) is 60.5. The van der Waals surface area contributed by atoms with Crippen molar-refractivity contribution in [3.05, 3.63) is 48.6 Å². The first-order valence-corrected chi connectivity index (χ1v) is 38.0. The van der Waals surface area contributed by atoms with Crippen molar-refractivity contribution in [2.24, 2.45) is 0 Å². The van der Waals surface area contributed by atoms with E-state index in [4.69, 9.17) is 9.05 Å². The number of phosphoric acid groups is 1. The number of hydrogen-bond donors (Lipinski definition) is 3. The monoisotopic (exact) mass is 1190 g/mol. The zero-order valence-corrected chi connectivity index (χ0v) is 57.1. The molecular formula is C74H144N2O6P+. The van der Waals surface area contributed by atoms with Crippen LogP contribution in [0.25, 0.3) is 0 Å². The number of aliphatic hydroxyl groups is 1. The normalized spacial score (nSPS) is 13.9. The molecule has 9 heteroatoms. The van der Waals surface area contributed by atoms with Crippen LogP contribution in [0.3, 0.4) is 0 Å². The van der Waals surface area contributed by atoms with E-state index in [2.05, 4.69) is 55.6 Å². The molecule has 0 aliphatic heterocycles.